The van der Waals surface area contributed by atoms with Gasteiger partial charge in [-0.25, -0.2) is 0 Å². The van der Waals surface area contributed by atoms with Gasteiger partial charge in [0.15, 0.2) is 6.61 Å². The van der Waals surface area contributed by atoms with Crippen molar-refractivity contribution in [2.75, 3.05) is 13.2 Å². The van der Waals surface area contributed by atoms with Crippen LogP contribution in [0.25, 0.3) is 0 Å². The van der Waals surface area contributed by atoms with E-state index in [0.717, 1.165) is 17.5 Å². The number of carbonyl (C=O) groups excluding carboxylic acids is 2. The van der Waals surface area contributed by atoms with Gasteiger partial charge in [0.05, 0.1) is 0 Å². The van der Waals surface area contributed by atoms with E-state index < -0.39 is 6.04 Å². The molecule has 1 unspecified atom stereocenters. The number of hydrogen-bond donors (Lipinski definition) is 1. The summed E-state index contributed by atoms with van der Waals surface area (Å²) in [5.41, 5.74) is 2.81. The molecule has 0 aliphatic heterocycles. The van der Waals surface area contributed by atoms with E-state index in [2.05, 4.69) is 5.32 Å². The smallest absolute Gasteiger partial charge is 0.261 e. The molecule has 2 rings (SSSR count). The van der Waals surface area contributed by atoms with Crippen LogP contribution in [0.15, 0.2) is 36.4 Å². The largest absolute Gasteiger partial charge is 0.484 e. The molecule has 7 heteroatoms. The van der Waals surface area contributed by atoms with Crippen LogP contribution in [0.1, 0.15) is 37.0 Å². The molecule has 30 heavy (non-hydrogen) atoms. The molecule has 0 aromatic heterocycles. The molecule has 0 fully saturated rings. The van der Waals surface area contributed by atoms with E-state index in [9.17, 15) is 9.59 Å². The number of benzene rings is 2. The third kappa shape index (κ3) is 6.38. The molecule has 2 aromatic rings. The molecular formula is C23H28Cl2N2O3. The third-order valence-corrected chi connectivity index (χ3v) is 5.66. The molecule has 162 valence electrons. The predicted molar refractivity (Wildman–Crippen MR) is 121 cm³/mol. The predicted octanol–water partition coefficient (Wildman–Crippen LogP) is 4.93. The molecule has 0 heterocycles. The van der Waals surface area contributed by atoms with Gasteiger partial charge < -0.3 is 15.0 Å². The fourth-order valence-electron chi connectivity index (χ4n) is 2.86. The number of amides is 2. The molecule has 0 aliphatic carbocycles. The molecule has 0 bridgehead atoms. The van der Waals surface area contributed by atoms with Gasteiger partial charge in [0.1, 0.15) is 11.8 Å². The van der Waals surface area contributed by atoms with Crippen molar-refractivity contribution >= 4 is 35.0 Å². The standard InChI is InChI=1S/C23H28Cl2N2O3/c1-5-11-26-23(29)17(4)27(13-19-20(24)7-6-8-21(19)25)22(28)14-30-18-10-9-15(2)16(3)12-18/h6-10,12,17H,5,11,13-14H2,1-4H3,(H,26,29). The van der Waals surface area contributed by atoms with Gasteiger partial charge in [-0.15, -0.1) is 0 Å². The van der Waals surface area contributed by atoms with Crippen LogP contribution >= 0.6 is 23.2 Å². The lowest BCUT2D eigenvalue weighted by atomic mass is 10.1. The van der Waals surface area contributed by atoms with Crippen molar-refractivity contribution in [2.45, 2.75) is 46.7 Å². The third-order valence-electron chi connectivity index (χ3n) is 4.95. The summed E-state index contributed by atoms with van der Waals surface area (Å²) in [6.45, 7) is 8.09. The Morgan fingerprint density at radius 2 is 1.77 bits per heavy atom. The molecule has 0 spiro atoms. The second kappa shape index (κ2) is 11.2. The zero-order chi connectivity index (χ0) is 22.3. The Bertz CT molecular complexity index is 882. The van der Waals surface area contributed by atoms with Gasteiger partial charge in [0.2, 0.25) is 5.91 Å². The number of hydrogen-bond acceptors (Lipinski definition) is 3. The Balaban J connectivity index is 2.21. The first-order chi connectivity index (χ1) is 14.2. The van der Waals surface area contributed by atoms with Crippen LogP contribution in [0, 0.1) is 13.8 Å². The summed E-state index contributed by atoms with van der Waals surface area (Å²) in [6.07, 6.45) is 0.804. The van der Waals surface area contributed by atoms with Gasteiger partial charge in [-0.1, -0.05) is 42.3 Å². The summed E-state index contributed by atoms with van der Waals surface area (Å²) in [4.78, 5) is 27.0. The minimum Gasteiger partial charge on any atom is -0.484 e. The van der Waals surface area contributed by atoms with Crippen LogP contribution in [-0.2, 0) is 16.1 Å². The SMILES string of the molecule is CCCNC(=O)C(C)N(Cc1c(Cl)cccc1Cl)C(=O)COc1ccc(C)c(C)c1. The monoisotopic (exact) mass is 450 g/mol. The van der Waals surface area contributed by atoms with E-state index in [1.165, 1.54) is 4.90 Å². The maximum Gasteiger partial charge on any atom is 0.261 e. The summed E-state index contributed by atoms with van der Waals surface area (Å²) < 4.78 is 5.70. The lowest BCUT2D eigenvalue weighted by Gasteiger charge is -2.29. The highest BCUT2D eigenvalue weighted by Gasteiger charge is 2.27. The first-order valence-electron chi connectivity index (χ1n) is 9.94. The lowest BCUT2D eigenvalue weighted by molar-refractivity contribution is -0.142. The fraction of sp³-hybridized carbons (Fsp3) is 0.391. The first-order valence-corrected chi connectivity index (χ1v) is 10.7. The molecular weight excluding hydrogens is 423 g/mol. The molecule has 5 nitrogen and oxygen atoms in total. The topological polar surface area (TPSA) is 58.6 Å². The quantitative estimate of drug-likeness (QED) is 0.588. The molecule has 2 amide bonds. The zero-order valence-corrected chi connectivity index (χ0v) is 19.3. The van der Waals surface area contributed by atoms with Crippen molar-refractivity contribution < 1.29 is 14.3 Å². The Morgan fingerprint density at radius 3 is 2.37 bits per heavy atom. The molecule has 0 aliphatic rings. The van der Waals surface area contributed by atoms with Gasteiger partial charge in [-0.3, -0.25) is 9.59 Å². The zero-order valence-electron chi connectivity index (χ0n) is 17.8. The number of rotatable bonds is 9. The highest BCUT2D eigenvalue weighted by Crippen LogP contribution is 2.26. The highest BCUT2D eigenvalue weighted by atomic mass is 35.5. The van der Waals surface area contributed by atoms with Gasteiger partial charge in [-0.05, 0) is 62.6 Å². The van der Waals surface area contributed by atoms with E-state index in [-0.39, 0.29) is 25.0 Å². The average Bonchev–Trinajstić information content (AvgIpc) is 2.72. The van der Waals surface area contributed by atoms with Crippen molar-refractivity contribution in [3.05, 3.63) is 63.1 Å². The van der Waals surface area contributed by atoms with Gasteiger partial charge in [-0.2, -0.15) is 0 Å². The minimum atomic E-state index is -0.709. The maximum absolute atomic E-state index is 13.0. The van der Waals surface area contributed by atoms with Crippen molar-refractivity contribution in [1.29, 1.82) is 0 Å². The number of carbonyl (C=O) groups is 2. The van der Waals surface area contributed by atoms with Crippen molar-refractivity contribution in [3.63, 3.8) is 0 Å². The van der Waals surface area contributed by atoms with Gasteiger partial charge >= 0.3 is 0 Å². The van der Waals surface area contributed by atoms with Crippen LogP contribution in [0.2, 0.25) is 10.0 Å². The van der Waals surface area contributed by atoms with E-state index >= 15 is 0 Å². The lowest BCUT2D eigenvalue weighted by Crippen LogP contribution is -2.49. The first kappa shape index (κ1) is 24.0. The van der Waals surface area contributed by atoms with Crippen molar-refractivity contribution in [3.8, 4) is 5.75 Å². The molecule has 2 aromatic carbocycles. The summed E-state index contributed by atoms with van der Waals surface area (Å²) in [5.74, 6) is 0.0354. The van der Waals surface area contributed by atoms with Crippen LogP contribution < -0.4 is 10.1 Å². The van der Waals surface area contributed by atoms with E-state index in [1.54, 1.807) is 25.1 Å². The number of halogens is 2. The van der Waals surface area contributed by atoms with Crippen LogP contribution in [0.3, 0.4) is 0 Å². The van der Waals surface area contributed by atoms with Crippen LogP contribution in [-0.4, -0.2) is 35.9 Å². The second-order valence-corrected chi connectivity index (χ2v) is 8.04. The van der Waals surface area contributed by atoms with Crippen molar-refractivity contribution in [2.24, 2.45) is 0 Å². The van der Waals surface area contributed by atoms with Crippen LogP contribution in [0.4, 0.5) is 0 Å². The van der Waals surface area contributed by atoms with Crippen molar-refractivity contribution in [1.82, 2.24) is 10.2 Å². The molecule has 0 saturated carbocycles. The summed E-state index contributed by atoms with van der Waals surface area (Å²) in [7, 11) is 0. The van der Waals surface area contributed by atoms with E-state index in [0.29, 0.717) is 27.9 Å². The Labute approximate surface area is 188 Å². The number of ether oxygens (including phenoxy) is 1. The second-order valence-electron chi connectivity index (χ2n) is 7.22. The molecule has 0 saturated heterocycles. The maximum atomic E-state index is 13.0. The highest BCUT2D eigenvalue weighted by molar-refractivity contribution is 6.36. The Morgan fingerprint density at radius 1 is 1.10 bits per heavy atom. The summed E-state index contributed by atoms with van der Waals surface area (Å²) >= 11 is 12.6. The molecule has 1 atom stereocenters. The van der Waals surface area contributed by atoms with E-state index in [4.69, 9.17) is 27.9 Å². The summed E-state index contributed by atoms with van der Waals surface area (Å²) in [6, 6.07) is 10.1. The van der Waals surface area contributed by atoms with E-state index in [1.807, 2.05) is 39.0 Å². The van der Waals surface area contributed by atoms with Crippen LogP contribution in [0.5, 0.6) is 5.75 Å². The van der Waals surface area contributed by atoms with Gasteiger partial charge in [0.25, 0.3) is 5.91 Å². The molecule has 1 N–H and O–H groups in total. The number of nitrogens with zero attached hydrogens (tertiary/aromatic N) is 1. The van der Waals surface area contributed by atoms with Gasteiger partial charge in [0, 0.05) is 28.7 Å². The summed E-state index contributed by atoms with van der Waals surface area (Å²) in [5, 5.41) is 3.71. The fourth-order valence-corrected chi connectivity index (χ4v) is 3.38. The normalized spacial score (nSPS) is 11.7. The minimum absolute atomic E-state index is 0.105. The Kier molecular flexibility index (Phi) is 9.00. The molecule has 0 radical (unpaired) electrons. The Hall–Kier alpha value is -2.24. The average molecular weight is 451 g/mol. The number of aryl methyl sites for hydroxylation is 2. The number of nitrogens with one attached hydrogen (secondary N) is 1.